The number of aromatic nitrogens is 4. The molecule has 0 spiro atoms. The van der Waals surface area contributed by atoms with E-state index in [1.165, 1.54) is 10.7 Å². The van der Waals surface area contributed by atoms with Gasteiger partial charge in [-0.3, -0.25) is 4.72 Å². The number of hydrogen-bond acceptors (Lipinski definition) is 6. The summed E-state index contributed by atoms with van der Waals surface area (Å²) in [6.45, 7) is 0. The van der Waals surface area contributed by atoms with Gasteiger partial charge in [0, 0.05) is 12.4 Å². The van der Waals surface area contributed by atoms with Crippen LogP contribution in [0.3, 0.4) is 0 Å². The van der Waals surface area contributed by atoms with E-state index >= 15 is 0 Å². The van der Waals surface area contributed by atoms with Crippen LogP contribution < -0.4 is 4.72 Å². The molecule has 108 valence electrons. The third-order valence-electron chi connectivity index (χ3n) is 2.42. The second-order valence-electron chi connectivity index (χ2n) is 3.86. The van der Waals surface area contributed by atoms with E-state index in [-0.39, 0.29) is 10.0 Å². The van der Waals surface area contributed by atoms with E-state index in [0.717, 1.165) is 11.3 Å². The maximum Gasteiger partial charge on any atom is 0.272 e. The maximum absolute atomic E-state index is 12.2. The third-order valence-corrected chi connectivity index (χ3v) is 5.73. The Bertz CT molecular complexity index is 846. The lowest BCUT2D eigenvalue weighted by Gasteiger charge is -2.03. The Morgan fingerprint density at radius 3 is 2.67 bits per heavy atom. The van der Waals surface area contributed by atoms with Gasteiger partial charge in [-0.25, -0.2) is 23.1 Å². The van der Waals surface area contributed by atoms with Crippen molar-refractivity contribution in [2.45, 2.75) is 4.21 Å². The lowest BCUT2D eigenvalue weighted by Crippen LogP contribution is -2.12. The molecule has 3 aromatic rings. The lowest BCUT2D eigenvalue weighted by molar-refractivity contribution is 0.603. The molecular weight excluding hydrogens is 378 g/mol. The average Bonchev–Trinajstić information content (AvgIpc) is 3.11. The molecule has 0 aliphatic heterocycles. The Hall–Kier alpha value is -1.78. The first-order chi connectivity index (χ1) is 10.1. The highest BCUT2D eigenvalue weighted by atomic mass is 79.9. The number of halogens is 1. The van der Waals surface area contributed by atoms with Gasteiger partial charge >= 0.3 is 0 Å². The Labute approximate surface area is 132 Å². The second kappa shape index (κ2) is 5.54. The van der Waals surface area contributed by atoms with Crippen molar-refractivity contribution >= 4 is 43.1 Å². The Kier molecular flexibility index (Phi) is 3.74. The predicted molar refractivity (Wildman–Crippen MR) is 82.0 cm³/mol. The van der Waals surface area contributed by atoms with Crippen molar-refractivity contribution in [3.05, 3.63) is 46.6 Å². The number of nitrogens with zero attached hydrogens (tertiary/aromatic N) is 4. The monoisotopic (exact) mass is 385 g/mol. The summed E-state index contributed by atoms with van der Waals surface area (Å²) in [6, 6.07) is 4.88. The number of sulfonamides is 1. The van der Waals surface area contributed by atoms with Crippen molar-refractivity contribution in [1.82, 2.24) is 19.7 Å². The fourth-order valence-corrected chi connectivity index (χ4v) is 4.04. The minimum absolute atomic E-state index is 0.177. The van der Waals surface area contributed by atoms with Gasteiger partial charge in [0.25, 0.3) is 16.0 Å². The molecule has 0 aliphatic rings. The standard InChI is InChI=1S/C11H8BrN5O2S2/c12-8-7-17(11-13-4-2-5-14-11)15-10(8)16-21(18,19)9-3-1-6-20-9/h1-7H,(H,15,16). The van der Waals surface area contributed by atoms with Crippen LogP contribution in [-0.2, 0) is 10.0 Å². The largest absolute Gasteiger partial charge is 0.272 e. The molecule has 0 saturated heterocycles. The summed E-state index contributed by atoms with van der Waals surface area (Å²) in [4.78, 5) is 8.09. The number of rotatable bonds is 4. The molecule has 0 radical (unpaired) electrons. The molecule has 0 amide bonds. The first kappa shape index (κ1) is 14.2. The SMILES string of the molecule is O=S(=O)(Nc1nn(-c2ncccn2)cc1Br)c1cccs1. The quantitative estimate of drug-likeness (QED) is 0.743. The van der Waals surface area contributed by atoms with Crippen LogP contribution >= 0.6 is 27.3 Å². The molecule has 3 aromatic heterocycles. The van der Waals surface area contributed by atoms with Crippen LogP contribution in [0.15, 0.2) is 50.9 Å². The van der Waals surface area contributed by atoms with Gasteiger partial charge in [-0.1, -0.05) is 6.07 Å². The highest BCUT2D eigenvalue weighted by Gasteiger charge is 2.19. The van der Waals surface area contributed by atoms with Gasteiger partial charge in [0.2, 0.25) is 0 Å². The van der Waals surface area contributed by atoms with Gasteiger partial charge in [0.15, 0.2) is 5.82 Å². The minimum Gasteiger partial charge on any atom is -0.260 e. The summed E-state index contributed by atoms with van der Waals surface area (Å²) in [5.74, 6) is 0.524. The Balaban J connectivity index is 1.93. The van der Waals surface area contributed by atoms with Gasteiger partial charge < -0.3 is 0 Å². The molecule has 3 rings (SSSR count). The van der Waals surface area contributed by atoms with Crippen LogP contribution in [0.4, 0.5) is 5.82 Å². The zero-order chi connectivity index (χ0) is 14.9. The molecule has 21 heavy (non-hydrogen) atoms. The van der Waals surface area contributed by atoms with Gasteiger partial charge in [-0.15, -0.1) is 16.4 Å². The van der Waals surface area contributed by atoms with Crippen LogP contribution in [0.5, 0.6) is 0 Å². The van der Waals surface area contributed by atoms with Crippen molar-refractivity contribution < 1.29 is 8.42 Å². The fraction of sp³-hybridized carbons (Fsp3) is 0. The zero-order valence-corrected chi connectivity index (χ0v) is 13.6. The molecule has 7 nitrogen and oxygen atoms in total. The third kappa shape index (κ3) is 2.96. The first-order valence-corrected chi connectivity index (χ1v) is 8.81. The summed E-state index contributed by atoms with van der Waals surface area (Å²) in [5, 5.41) is 5.83. The number of thiophene rings is 1. The molecule has 0 unspecified atom stereocenters. The summed E-state index contributed by atoms with van der Waals surface area (Å²) >= 11 is 4.40. The zero-order valence-electron chi connectivity index (χ0n) is 10.3. The van der Waals surface area contributed by atoms with Crippen molar-refractivity contribution in [3.63, 3.8) is 0 Å². The fourth-order valence-electron chi connectivity index (χ4n) is 1.53. The predicted octanol–water partition coefficient (Wildman–Crippen LogP) is 2.29. The molecule has 0 aliphatic carbocycles. The first-order valence-electron chi connectivity index (χ1n) is 5.65. The number of nitrogens with one attached hydrogen (secondary N) is 1. The maximum atomic E-state index is 12.2. The number of hydrogen-bond donors (Lipinski definition) is 1. The van der Waals surface area contributed by atoms with Gasteiger partial charge in [-0.2, -0.15) is 0 Å². The summed E-state index contributed by atoms with van der Waals surface area (Å²) in [5.41, 5.74) is 0. The van der Waals surface area contributed by atoms with Gasteiger partial charge in [-0.05, 0) is 33.4 Å². The Morgan fingerprint density at radius 2 is 2.00 bits per heavy atom. The highest BCUT2D eigenvalue weighted by Crippen LogP contribution is 2.25. The van der Waals surface area contributed by atoms with Crippen molar-refractivity contribution in [3.8, 4) is 5.95 Å². The molecular formula is C11H8BrN5O2S2. The van der Waals surface area contributed by atoms with E-state index in [1.807, 2.05) is 0 Å². The highest BCUT2D eigenvalue weighted by molar-refractivity contribution is 9.10. The van der Waals surface area contributed by atoms with Crippen LogP contribution in [0.2, 0.25) is 0 Å². The summed E-state index contributed by atoms with van der Waals surface area (Å²) in [7, 11) is -3.64. The van der Waals surface area contributed by atoms with Gasteiger partial charge in [0.05, 0.1) is 10.7 Å². The normalized spacial score (nSPS) is 11.5. The Morgan fingerprint density at radius 1 is 1.24 bits per heavy atom. The van der Waals surface area contributed by atoms with E-state index < -0.39 is 10.0 Å². The van der Waals surface area contributed by atoms with E-state index in [4.69, 9.17) is 0 Å². The molecule has 0 fully saturated rings. The van der Waals surface area contributed by atoms with Crippen LogP contribution in [0.1, 0.15) is 0 Å². The molecule has 0 saturated carbocycles. The van der Waals surface area contributed by atoms with Crippen molar-refractivity contribution in [2.24, 2.45) is 0 Å². The van der Waals surface area contributed by atoms with Crippen molar-refractivity contribution in [2.75, 3.05) is 4.72 Å². The topological polar surface area (TPSA) is 89.8 Å². The summed E-state index contributed by atoms with van der Waals surface area (Å²) in [6.07, 6.45) is 4.74. The minimum atomic E-state index is -3.64. The average molecular weight is 386 g/mol. The number of anilines is 1. The molecule has 0 atom stereocenters. The smallest absolute Gasteiger partial charge is 0.260 e. The lowest BCUT2D eigenvalue weighted by atomic mass is 10.6. The van der Waals surface area contributed by atoms with E-state index in [9.17, 15) is 8.42 Å². The molecule has 10 heteroatoms. The van der Waals surface area contributed by atoms with E-state index in [1.54, 1.807) is 36.1 Å². The second-order valence-corrected chi connectivity index (χ2v) is 7.57. The van der Waals surface area contributed by atoms with Gasteiger partial charge in [0.1, 0.15) is 4.21 Å². The van der Waals surface area contributed by atoms with Crippen LogP contribution in [0, 0.1) is 0 Å². The van der Waals surface area contributed by atoms with E-state index in [2.05, 4.69) is 35.7 Å². The molecule has 1 N–H and O–H groups in total. The van der Waals surface area contributed by atoms with Crippen LogP contribution in [-0.4, -0.2) is 28.2 Å². The summed E-state index contributed by atoms with van der Waals surface area (Å²) < 4.78 is 28.8. The van der Waals surface area contributed by atoms with Crippen LogP contribution in [0.25, 0.3) is 5.95 Å². The molecule has 3 heterocycles. The van der Waals surface area contributed by atoms with E-state index in [0.29, 0.717) is 10.4 Å². The van der Waals surface area contributed by atoms with Crippen molar-refractivity contribution in [1.29, 1.82) is 0 Å². The molecule has 0 bridgehead atoms. The molecule has 0 aromatic carbocycles.